The number of carbonyl (C=O) groups excluding carboxylic acids is 1. The summed E-state index contributed by atoms with van der Waals surface area (Å²) in [4.78, 5) is 13.9. The van der Waals surface area contributed by atoms with Gasteiger partial charge in [0.1, 0.15) is 0 Å². The normalized spacial score (nSPS) is 19.0. The van der Waals surface area contributed by atoms with E-state index in [9.17, 15) is 4.79 Å². The fourth-order valence-corrected chi connectivity index (χ4v) is 2.42. The Morgan fingerprint density at radius 1 is 1.38 bits per heavy atom. The third-order valence-electron chi connectivity index (χ3n) is 3.21. The molecule has 0 aliphatic carbocycles. The van der Waals surface area contributed by atoms with E-state index in [0.717, 1.165) is 6.54 Å². The van der Waals surface area contributed by atoms with Crippen LogP contribution < -0.4 is 5.32 Å². The second-order valence-electron chi connectivity index (χ2n) is 4.80. The molecule has 1 heterocycles. The Hall–Kier alpha value is -0.280. The first-order chi connectivity index (χ1) is 7.65. The minimum absolute atomic E-state index is 0.0693. The number of nitrogens with zero attached hydrogens (tertiary/aromatic N) is 1. The number of carbonyl (C=O) groups is 1. The Morgan fingerprint density at radius 3 is 2.50 bits per heavy atom. The molecule has 1 fully saturated rings. The summed E-state index contributed by atoms with van der Waals surface area (Å²) >= 11 is 5.53. The summed E-state index contributed by atoms with van der Waals surface area (Å²) in [5, 5.41) is 2.98. The van der Waals surface area contributed by atoms with Crippen LogP contribution in [-0.4, -0.2) is 42.4 Å². The number of hydrogen-bond acceptors (Lipinski definition) is 2. The van der Waals surface area contributed by atoms with Gasteiger partial charge in [-0.3, -0.25) is 9.69 Å². The minimum atomic E-state index is 0.0693. The van der Waals surface area contributed by atoms with Crippen molar-refractivity contribution in [2.45, 2.75) is 39.2 Å². The lowest BCUT2D eigenvalue weighted by molar-refractivity contribution is -0.121. The second-order valence-corrected chi connectivity index (χ2v) is 5.18. The molecule has 0 radical (unpaired) electrons. The van der Waals surface area contributed by atoms with Gasteiger partial charge in [0.25, 0.3) is 0 Å². The predicted molar refractivity (Wildman–Crippen MR) is 67.8 cm³/mol. The maximum Gasteiger partial charge on any atom is 0.221 e. The van der Waals surface area contributed by atoms with Crippen molar-refractivity contribution >= 4 is 17.5 Å². The highest BCUT2D eigenvalue weighted by molar-refractivity contribution is 6.18. The number of nitrogens with one attached hydrogen (secondary N) is 1. The number of likely N-dealkylation sites (tertiary alicyclic amines) is 1. The number of hydrogen-bond donors (Lipinski definition) is 1. The Labute approximate surface area is 104 Å². The largest absolute Gasteiger partial charge is 0.354 e. The monoisotopic (exact) mass is 246 g/mol. The highest BCUT2D eigenvalue weighted by Gasteiger charge is 2.24. The molecule has 3 nitrogen and oxygen atoms in total. The van der Waals surface area contributed by atoms with Crippen LogP contribution in [0.1, 0.15) is 33.1 Å². The molecular weight excluding hydrogens is 224 g/mol. The van der Waals surface area contributed by atoms with E-state index in [-0.39, 0.29) is 5.91 Å². The maximum atomic E-state index is 11.4. The topological polar surface area (TPSA) is 32.3 Å². The molecule has 1 unspecified atom stereocenters. The van der Waals surface area contributed by atoms with E-state index in [2.05, 4.69) is 24.1 Å². The van der Waals surface area contributed by atoms with Crippen molar-refractivity contribution in [3.8, 4) is 0 Å². The van der Waals surface area contributed by atoms with Crippen molar-refractivity contribution in [3.63, 3.8) is 0 Å². The van der Waals surface area contributed by atoms with Gasteiger partial charge < -0.3 is 5.32 Å². The van der Waals surface area contributed by atoms with Gasteiger partial charge in [0, 0.05) is 24.9 Å². The standard InChI is InChI=1S/C12H23ClN2O/c1-10(2)11(15-7-3-4-8-15)9-14-12(16)5-6-13/h10-11H,3-9H2,1-2H3,(H,14,16). The van der Waals surface area contributed by atoms with Crippen LogP contribution in [0.2, 0.25) is 0 Å². The number of rotatable bonds is 6. The molecule has 1 aliphatic rings. The van der Waals surface area contributed by atoms with E-state index in [4.69, 9.17) is 11.6 Å². The van der Waals surface area contributed by atoms with Crippen molar-refractivity contribution in [1.29, 1.82) is 0 Å². The molecule has 4 heteroatoms. The number of amides is 1. The third kappa shape index (κ3) is 4.30. The zero-order valence-corrected chi connectivity index (χ0v) is 11.1. The van der Waals surface area contributed by atoms with E-state index < -0.39 is 0 Å². The maximum absolute atomic E-state index is 11.4. The Bertz CT molecular complexity index is 215. The van der Waals surface area contributed by atoms with Crippen LogP contribution >= 0.6 is 11.6 Å². The number of alkyl halides is 1. The van der Waals surface area contributed by atoms with Crippen LogP contribution in [0.3, 0.4) is 0 Å². The van der Waals surface area contributed by atoms with Gasteiger partial charge in [0.2, 0.25) is 5.91 Å². The lowest BCUT2D eigenvalue weighted by Gasteiger charge is -2.30. The van der Waals surface area contributed by atoms with E-state index in [1.807, 2.05) is 0 Å². The zero-order chi connectivity index (χ0) is 12.0. The van der Waals surface area contributed by atoms with Crippen LogP contribution in [0, 0.1) is 5.92 Å². The first-order valence-corrected chi connectivity index (χ1v) is 6.75. The van der Waals surface area contributed by atoms with Crippen LogP contribution in [0.25, 0.3) is 0 Å². The van der Waals surface area contributed by atoms with Gasteiger partial charge in [0.15, 0.2) is 0 Å². The van der Waals surface area contributed by atoms with Crippen molar-refractivity contribution in [1.82, 2.24) is 10.2 Å². The average Bonchev–Trinajstić information content (AvgIpc) is 2.71. The van der Waals surface area contributed by atoms with Gasteiger partial charge >= 0.3 is 0 Å². The SMILES string of the molecule is CC(C)C(CNC(=O)CCCl)N1CCCC1. The van der Waals surface area contributed by atoms with Gasteiger partial charge in [-0.15, -0.1) is 11.6 Å². The highest BCUT2D eigenvalue weighted by atomic mass is 35.5. The summed E-state index contributed by atoms with van der Waals surface area (Å²) < 4.78 is 0. The summed E-state index contributed by atoms with van der Waals surface area (Å²) in [6, 6.07) is 0.474. The second kappa shape index (κ2) is 7.13. The van der Waals surface area contributed by atoms with Gasteiger partial charge in [-0.2, -0.15) is 0 Å². The van der Waals surface area contributed by atoms with Crippen molar-refractivity contribution in [2.75, 3.05) is 25.5 Å². The zero-order valence-electron chi connectivity index (χ0n) is 10.3. The third-order valence-corrected chi connectivity index (χ3v) is 3.40. The van der Waals surface area contributed by atoms with Crippen molar-refractivity contribution in [3.05, 3.63) is 0 Å². The molecule has 1 rings (SSSR count). The molecule has 0 aromatic heterocycles. The van der Waals surface area contributed by atoms with Gasteiger partial charge in [-0.05, 0) is 31.8 Å². The predicted octanol–water partition coefficient (Wildman–Crippen LogP) is 1.85. The first-order valence-electron chi connectivity index (χ1n) is 6.22. The molecule has 0 bridgehead atoms. The quantitative estimate of drug-likeness (QED) is 0.726. The van der Waals surface area contributed by atoms with E-state index >= 15 is 0 Å². The van der Waals surface area contributed by atoms with Crippen LogP contribution in [0.5, 0.6) is 0 Å². The van der Waals surface area contributed by atoms with Crippen molar-refractivity contribution < 1.29 is 4.79 Å². The molecule has 1 amide bonds. The lowest BCUT2D eigenvalue weighted by Crippen LogP contribution is -2.45. The smallest absolute Gasteiger partial charge is 0.221 e. The van der Waals surface area contributed by atoms with E-state index in [1.165, 1.54) is 25.9 Å². The minimum Gasteiger partial charge on any atom is -0.354 e. The van der Waals surface area contributed by atoms with Crippen LogP contribution in [-0.2, 0) is 4.79 Å². The molecule has 94 valence electrons. The summed E-state index contributed by atoms with van der Waals surface area (Å²) in [5.41, 5.74) is 0. The Balaban J connectivity index is 2.36. The fraction of sp³-hybridized carbons (Fsp3) is 0.917. The van der Waals surface area contributed by atoms with Gasteiger partial charge in [-0.25, -0.2) is 0 Å². The van der Waals surface area contributed by atoms with Gasteiger partial charge in [-0.1, -0.05) is 13.8 Å². The molecule has 1 atom stereocenters. The molecule has 1 N–H and O–H groups in total. The molecular formula is C12H23ClN2O. The Morgan fingerprint density at radius 2 is 2.00 bits per heavy atom. The lowest BCUT2D eigenvalue weighted by atomic mass is 10.0. The molecule has 0 aromatic carbocycles. The summed E-state index contributed by atoms with van der Waals surface area (Å²) in [6.07, 6.45) is 3.00. The molecule has 0 saturated carbocycles. The summed E-state index contributed by atoms with van der Waals surface area (Å²) in [7, 11) is 0. The van der Waals surface area contributed by atoms with Gasteiger partial charge in [0.05, 0.1) is 0 Å². The molecule has 0 spiro atoms. The van der Waals surface area contributed by atoms with E-state index in [1.54, 1.807) is 0 Å². The van der Waals surface area contributed by atoms with Crippen molar-refractivity contribution in [2.24, 2.45) is 5.92 Å². The molecule has 0 aromatic rings. The summed E-state index contributed by atoms with van der Waals surface area (Å²) in [6.45, 7) is 7.54. The van der Waals surface area contributed by atoms with E-state index in [0.29, 0.717) is 24.3 Å². The molecule has 16 heavy (non-hydrogen) atoms. The molecule has 1 saturated heterocycles. The molecule has 1 aliphatic heterocycles. The average molecular weight is 247 g/mol. The fourth-order valence-electron chi connectivity index (χ4n) is 2.25. The highest BCUT2D eigenvalue weighted by Crippen LogP contribution is 2.17. The number of halogens is 1. The Kier molecular flexibility index (Phi) is 6.14. The summed E-state index contributed by atoms with van der Waals surface area (Å²) in [5.74, 6) is 1.05. The first kappa shape index (κ1) is 13.8. The van der Waals surface area contributed by atoms with Crippen LogP contribution in [0.4, 0.5) is 0 Å². The van der Waals surface area contributed by atoms with Crippen LogP contribution in [0.15, 0.2) is 0 Å².